The summed E-state index contributed by atoms with van der Waals surface area (Å²) in [6.45, 7) is 2.67. The van der Waals surface area contributed by atoms with Crippen LogP contribution < -0.4 is 0 Å². The molecule has 0 spiro atoms. The number of esters is 1. The topological polar surface area (TPSA) is 46.5 Å². The third-order valence-electron chi connectivity index (χ3n) is 9.62. The van der Waals surface area contributed by atoms with Crippen molar-refractivity contribution in [3.05, 3.63) is 12.2 Å². The summed E-state index contributed by atoms with van der Waals surface area (Å²) < 4.78 is 5.58. The second-order valence-electron chi connectivity index (χ2n) is 10.3. The molecule has 0 aromatic rings. The Labute approximate surface area is 150 Å². The number of ether oxygens (including phenoxy) is 1. The average molecular weight is 342 g/mol. The van der Waals surface area contributed by atoms with Crippen molar-refractivity contribution in [1.29, 1.82) is 0 Å². The smallest absolute Gasteiger partial charge is 0.312 e. The van der Waals surface area contributed by atoms with Crippen molar-refractivity contribution in [2.45, 2.75) is 39.0 Å². The van der Waals surface area contributed by atoms with Gasteiger partial charge in [0.2, 0.25) is 0 Å². The van der Waals surface area contributed by atoms with E-state index in [2.05, 4.69) is 19.1 Å². The van der Waals surface area contributed by atoms with Crippen molar-refractivity contribution in [2.24, 2.45) is 64.6 Å². The molecule has 25 heavy (non-hydrogen) atoms. The zero-order valence-electron chi connectivity index (χ0n) is 15.1. The summed E-state index contributed by atoms with van der Waals surface area (Å²) in [5.74, 6) is 8.60. The predicted octanol–water partition coefficient (Wildman–Crippen LogP) is 3.28. The van der Waals surface area contributed by atoms with E-state index in [0.717, 1.165) is 59.7 Å². The summed E-state index contributed by atoms with van der Waals surface area (Å²) in [7, 11) is 0. The zero-order chi connectivity index (χ0) is 16.9. The van der Waals surface area contributed by atoms with E-state index < -0.39 is 0 Å². The van der Waals surface area contributed by atoms with E-state index in [4.69, 9.17) is 9.84 Å². The molecule has 0 saturated heterocycles. The summed E-state index contributed by atoms with van der Waals surface area (Å²) in [6, 6.07) is 0. The molecular formula is C22H30O3. The van der Waals surface area contributed by atoms with Crippen LogP contribution in [0.25, 0.3) is 0 Å². The van der Waals surface area contributed by atoms with Gasteiger partial charge in [0.25, 0.3) is 0 Å². The number of aliphatic hydroxyl groups excluding tert-OH is 1. The molecule has 3 heteroatoms. The Morgan fingerprint density at radius 1 is 1.08 bits per heavy atom. The molecule has 5 fully saturated rings. The van der Waals surface area contributed by atoms with Gasteiger partial charge in [0.1, 0.15) is 0 Å². The zero-order valence-corrected chi connectivity index (χ0v) is 15.1. The second kappa shape index (κ2) is 4.91. The highest BCUT2D eigenvalue weighted by Gasteiger charge is 2.73. The fourth-order valence-corrected chi connectivity index (χ4v) is 9.23. The van der Waals surface area contributed by atoms with Gasteiger partial charge in [-0.05, 0) is 91.8 Å². The Bertz CT molecular complexity index is 641. The van der Waals surface area contributed by atoms with Crippen LogP contribution in [0.5, 0.6) is 0 Å². The van der Waals surface area contributed by atoms with E-state index in [1.165, 1.54) is 19.3 Å². The van der Waals surface area contributed by atoms with Crippen molar-refractivity contribution in [3.8, 4) is 0 Å². The van der Waals surface area contributed by atoms with Crippen LogP contribution in [0.15, 0.2) is 12.2 Å². The first-order valence-electron chi connectivity index (χ1n) is 10.6. The maximum atomic E-state index is 12.9. The molecule has 6 bridgehead atoms. The Balaban J connectivity index is 1.27. The molecule has 0 heterocycles. The lowest BCUT2D eigenvalue weighted by Crippen LogP contribution is -2.47. The highest BCUT2D eigenvalue weighted by atomic mass is 16.5. The number of hydrogen-bond donors (Lipinski definition) is 1. The predicted molar refractivity (Wildman–Crippen MR) is 93.3 cm³/mol. The largest absolute Gasteiger partial charge is 0.465 e. The van der Waals surface area contributed by atoms with Crippen LogP contribution in [0.2, 0.25) is 0 Å². The van der Waals surface area contributed by atoms with Gasteiger partial charge < -0.3 is 9.84 Å². The monoisotopic (exact) mass is 342 g/mol. The van der Waals surface area contributed by atoms with Gasteiger partial charge in [0.05, 0.1) is 12.0 Å². The average Bonchev–Trinajstić information content (AvgIpc) is 3.37. The molecule has 0 amide bonds. The Morgan fingerprint density at radius 3 is 2.52 bits per heavy atom. The number of carbonyl (C=O) groups excluding carboxylic acids is 1. The molecule has 0 aromatic heterocycles. The molecule has 136 valence electrons. The molecule has 1 N–H and O–H groups in total. The summed E-state index contributed by atoms with van der Waals surface area (Å²) in [5.41, 5.74) is -0.255. The van der Waals surface area contributed by atoms with Crippen LogP contribution in [0.4, 0.5) is 0 Å². The van der Waals surface area contributed by atoms with Gasteiger partial charge in [-0.15, -0.1) is 0 Å². The third-order valence-corrected chi connectivity index (χ3v) is 9.62. The molecule has 6 rings (SSSR count). The lowest BCUT2D eigenvalue weighted by atomic mass is 9.56. The first-order valence-corrected chi connectivity index (χ1v) is 10.6. The SMILES string of the molecule is CC1(C(=O)OCCCO)CC2CC1C1C3CC(C4C5C=CC(C5)C34)C21. The molecule has 6 aliphatic carbocycles. The lowest BCUT2D eigenvalue weighted by molar-refractivity contribution is -0.162. The minimum absolute atomic E-state index is 0.0269. The van der Waals surface area contributed by atoms with Crippen molar-refractivity contribution in [2.75, 3.05) is 13.2 Å². The van der Waals surface area contributed by atoms with Crippen LogP contribution in [0.1, 0.15) is 39.0 Å². The summed E-state index contributed by atoms with van der Waals surface area (Å²) in [5, 5.41) is 8.95. The number of rotatable bonds is 4. The second-order valence-corrected chi connectivity index (χ2v) is 10.3. The Kier molecular flexibility index (Phi) is 2.99. The molecule has 5 saturated carbocycles. The van der Waals surface area contributed by atoms with Crippen molar-refractivity contribution in [3.63, 3.8) is 0 Å². The normalized spacial score (nSPS) is 58.8. The van der Waals surface area contributed by atoms with Crippen LogP contribution in [-0.2, 0) is 9.53 Å². The quantitative estimate of drug-likeness (QED) is 0.369. The molecule has 0 aromatic carbocycles. The van der Waals surface area contributed by atoms with Gasteiger partial charge in [-0.25, -0.2) is 0 Å². The molecule has 6 aliphatic rings. The van der Waals surface area contributed by atoms with Crippen molar-refractivity contribution in [1.82, 2.24) is 0 Å². The van der Waals surface area contributed by atoms with Gasteiger partial charge >= 0.3 is 5.97 Å². The highest BCUT2D eigenvalue weighted by molar-refractivity contribution is 5.77. The maximum absolute atomic E-state index is 12.9. The number of fused-ring (bicyclic) bond motifs is 16. The first kappa shape index (κ1) is 15.2. The summed E-state index contributed by atoms with van der Waals surface area (Å²) in [4.78, 5) is 12.9. The van der Waals surface area contributed by atoms with E-state index >= 15 is 0 Å². The molecule has 11 unspecified atom stereocenters. The van der Waals surface area contributed by atoms with E-state index in [1.807, 2.05) is 0 Å². The maximum Gasteiger partial charge on any atom is 0.312 e. The van der Waals surface area contributed by atoms with Crippen LogP contribution >= 0.6 is 0 Å². The molecule has 3 nitrogen and oxygen atoms in total. The number of allylic oxidation sites excluding steroid dienone is 2. The minimum atomic E-state index is -0.255. The third kappa shape index (κ3) is 1.70. The van der Waals surface area contributed by atoms with Gasteiger partial charge in [0.15, 0.2) is 0 Å². The Hall–Kier alpha value is -0.830. The lowest BCUT2D eigenvalue weighted by Gasteiger charge is -2.48. The highest BCUT2D eigenvalue weighted by Crippen LogP contribution is 2.78. The van der Waals surface area contributed by atoms with E-state index in [-0.39, 0.29) is 18.0 Å². The van der Waals surface area contributed by atoms with Gasteiger partial charge in [-0.3, -0.25) is 4.79 Å². The van der Waals surface area contributed by atoms with Gasteiger partial charge in [0, 0.05) is 13.0 Å². The first-order chi connectivity index (χ1) is 12.1. The van der Waals surface area contributed by atoms with Gasteiger partial charge in [-0.2, -0.15) is 0 Å². The standard InChI is InChI=1S/C22H30O3/c1-22(21(24)25-6-2-5-23)10-13-8-16(22)20-15-9-14(19(13)20)17-11-3-4-12(7-11)18(15)17/h3-4,11-20,23H,2,5-10H2,1H3. The number of carbonyl (C=O) groups is 1. The molecular weight excluding hydrogens is 312 g/mol. The molecule has 0 aliphatic heterocycles. The summed E-state index contributed by atoms with van der Waals surface area (Å²) >= 11 is 0. The fraction of sp³-hybridized carbons (Fsp3) is 0.864. The minimum Gasteiger partial charge on any atom is -0.465 e. The van der Waals surface area contributed by atoms with Crippen LogP contribution in [0, 0.1) is 64.6 Å². The van der Waals surface area contributed by atoms with E-state index in [1.54, 1.807) is 0 Å². The van der Waals surface area contributed by atoms with E-state index in [9.17, 15) is 4.79 Å². The van der Waals surface area contributed by atoms with Crippen LogP contribution in [-0.4, -0.2) is 24.3 Å². The number of aliphatic hydroxyl groups is 1. The fourth-order valence-electron chi connectivity index (χ4n) is 9.23. The molecule has 0 radical (unpaired) electrons. The van der Waals surface area contributed by atoms with E-state index in [0.29, 0.717) is 18.9 Å². The van der Waals surface area contributed by atoms with Gasteiger partial charge in [-0.1, -0.05) is 12.2 Å². The summed E-state index contributed by atoms with van der Waals surface area (Å²) in [6.07, 6.45) is 10.8. The molecule has 11 atom stereocenters. The Morgan fingerprint density at radius 2 is 1.80 bits per heavy atom. The van der Waals surface area contributed by atoms with Crippen molar-refractivity contribution >= 4 is 5.97 Å². The van der Waals surface area contributed by atoms with Crippen LogP contribution in [0.3, 0.4) is 0 Å². The number of hydrogen-bond acceptors (Lipinski definition) is 3. The van der Waals surface area contributed by atoms with Crippen molar-refractivity contribution < 1.29 is 14.6 Å².